The predicted octanol–water partition coefficient (Wildman–Crippen LogP) is 4.36. The summed E-state index contributed by atoms with van der Waals surface area (Å²) in [5.41, 5.74) is 0.678. The van der Waals surface area contributed by atoms with Crippen LogP contribution in [-0.4, -0.2) is 7.05 Å². The highest BCUT2D eigenvalue weighted by Gasteiger charge is 2.19. The Hall–Kier alpha value is -0.960. The van der Waals surface area contributed by atoms with Crippen molar-refractivity contribution in [1.29, 1.82) is 0 Å². The van der Waals surface area contributed by atoms with Gasteiger partial charge in [0.25, 0.3) is 0 Å². The Morgan fingerprint density at radius 3 is 2.39 bits per heavy atom. The largest absolute Gasteiger partial charge is 0.313 e. The van der Waals surface area contributed by atoms with E-state index in [1.54, 1.807) is 14.0 Å². The predicted molar refractivity (Wildman–Crippen MR) is 71.6 cm³/mol. The molecule has 1 rings (SSSR count). The lowest BCUT2D eigenvalue weighted by Crippen LogP contribution is -2.20. The fourth-order valence-corrected chi connectivity index (χ4v) is 2.16. The first-order chi connectivity index (χ1) is 8.47. The Kier molecular flexibility index (Phi) is 5.73. The van der Waals surface area contributed by atoms with Gasteiger partial charge >= 0.3 is 0 Å². The Labute approximate surface area is 109 Å². The number of benzene rings is 1. The van der Waals surface area contributed by atoms with E-state index in [4.69, 9.17) is 0 Å². The van der Waals surface area contributed by atoms with E-state index in [0.717, 1.165) is 19.3 Å². The molecule has 0 amide bonds. The van der Waals surface area contributed by atoms with Gasteiger partial charge in [-0.3, -0.25) is 0 Å². The molecule has 0 aliphatic rings. The summed E-state index contributed by atoms with van der Waals surface area (Å²) in [5.74, 6) is -0.254. The monoisotopic (exact) mass is 255 g/mol. The van der Waals surface area contributed by atoms with Crippen molar-refractivity contribution >= 4 is 0 Å². The van der Waals surface area contributed by atoms with Gasteiger partial charge in [-0.2, -0.15) is 0 Å². The molecule has 18 heavy (non-hydrogen) atoms. The molecule has 0 radical (unpaired) electrons. The van der Waals surface area contributed by atoms with Crippen molar-refractivity contribution in [1.82, 2.24) is 5.32 Å². The maximum absolute atomic E-state index is 14.0. The summed E-state index contributed by atoms with van der Waals surface area (Å²) >= 11 is 0. The van der Waals surface area contributed by atoms with Crippen molar-refractivity contribution in [3.63, 3.8) is 0 Å². The summed E-state index contributed by atoms with van der Waals surface area (Å²) in [6, 6.07) is 2.58. The molecule has 0 fully saturated rings. The van der Waals surface area contributed by atoms with E-state index in [1.165, 1.54) is 12.1 Å². The summed E-state index contributed by atoms with van der Waals surface area (Å²) in [4.78, 5) is 0. The minimum atomic E-state index is -0.456. The minimum Gasteiger partial charge on any atom is -0.313 e. The summed E-state index contributed by atoms with van der Waals surface area (Å²) in [6.45, 7) is 5.98. The van der Waals surface area contributed by atoms with Crippen molar-refractivity contribution in [2.75, 3.05) is 7.05 Å². The van der Waals surface area contributed by atoms with Crippen LogP contribution in [0.25, 0.3) is 0 Å². The molecule has 0 aliphatic carbocycles. The first-order valence-corrected chi connectivity index (χ1v) is 6.59. The van der Waals surface area contributed by atoms with Crippen LogP contribution < -0.4 is 5.32 Å². The fraction of sp³-hybridized carbons (Fsp3) is 0.600. The quantitative estimate of drug-likeness (QED) is 0.796. The van der Waals surface area contributed by atoms with Crippen LogP contribution in [0.5, 0.6) is 0 Å². The molecule has 1 N–H and O–H groups in total. The molecule has 0 saturated carbocycles. The van der Waals surface area contributed by atoms with E-state index in [0.29, 0.717) is 11.5 Å². The molecular formula is C15H23F2N. The van der Waals surface area contributed by atoms with Crippen LogP contribution in [0.1, 0.15) is 50.3 Å². The number of rotatable bonds is 6. The number of hydrogen-bond donors (Lipinski definition) is 1. The lowest BCUT2D eigenvalue weighted by atomic mass is 9.96. The molecule has 3 heteroatoms. The first-order valence-electron chi connectivity index (χ1n) is 6.59. The van der Waals surface area contributed by atoms with Crippen molar-refractivity contribution in [2.45, 2.75) is 46.1 Å². The molecule has 102 valence electrons. The highest BCUT2D eigenvalue weighted by atomic mass is 19.1. The molecule has 0 saturated heterocycles. The van der Waals surface area contributed by atoms with Gasteiger partial charge in [-0.05, 0) is 37.9 Å². The SMILES string of the molecule is CNC(CCCC(C)C)c1c(F)ccc(C)c1F. The summed E-state index contributed by atoms with van der Waals surface area (Å²) in [7, 11) is 1.75. The van der Waals surface area contributed by atoms with Gasteiger partial charge in [-0.15, -0.1) is 0 Å². The molecule has 1 aromatic carbocycles. The van der Waals surface area contributed by atoms with E-state index in [2.05, 4.69) is 19.2 Å². The zero-order chi connectivity index (χ0) is 13.7. The smallest absolute Gasteiger partial charge is 0.133 e. The van der Waals surface area contributed by atoms with E-state index >= 15 is 0 Å². The van der Waals surface area contributed by atoms with Crippen LogP contribution >= 0.6 is 0 Å². The van der Waals surface area contributed by atoms with Crippen molar-refractivity contribution < 1.29 is 8.78 Å². The average molecular weight is 255 g/mol. The van der Waals surface area contributed by atoms with E-state index in [1.807, 2.05) is 0 Å². The first kappa shape index (κ1) is 15.1. The van der Waals surface area contributed by atoms with Crippen LogP contribution in [0.15, 0.2) is 12.1 Å². The van der Waals surface area contributed by atoms with Gasteiger partial charge in [-0.25, -0.2) is 8.78 Å². The molecule has 0 aliphatic heterocycles. The van der Waals surface area contributed by atoms with E-state index < -0.39 is 11.6 Å². The van der Waals surface area contributed by atoms with Crippen LogP contribution in [-0.2, 0) is 0 Å². The zero-order valence-corrected chi connectivity index (χ0v) is 11.7. The number of nitrogens with one attached hydrogen (secondary N) is 1. The van der Waals surface area contributed by atoms with Gasteiger partial charge in [0.05, 0.1) is 0 Å². The standard InChI is InChI=1S/C15H23F2N/c1-10(2)6-5-7-13(18-4)14-12(16)9-8-11(3)15(14)17/h8-10,13,18H,5-7H2,1-4H3. The second kappa shape index (κ2) is 6.83. The van der Waals surface area contributed by atoms with Crippen molar-refractivity contribution in [3.8, 4) is 0 Å². The maximum Gasteiger partial charge on any atom is 0.133 e. The minimum absolute atomic E-state index is 0.182. The summed E-state index contributed by atoms with van der Waals surface area (Å²) in [5, 5.41) is 3.02. The van der Waals surface area contributed by atoms with Gasteiger partial charge in [0.15, 0.2) is 0 Å². The fourth-order valence-electron chi connectivity index (χ4n) is 2.16. The third-order valence-electron chi connectivity index (χ3n) is 3.29. The average Bonchev–Trinajstić information content (AvgIpc) is 2.32. The molecule has 0 aromatic heterocycles. The summed E-state index contributed by atoms with van der Waals surface area (Å²) in [6.07, 6.45) is 2.80. The normalized spacial score (nSPS) is 13.1. The molecule has 1 nitrogen and oxygen atoms in total. The second-order valence-electron chi connectivity index (χ2n) is 5.26. The van der Waals surface area contributed by atoms with Crippen molar-refractivity contribution in [2.24, 2.45) is 5.92 Å². The Morgan fingerprint density at radius 2 is 1.83 bits per heavy atom. The van der Waals surface area contributed by atoms with Gasteiger partial charge in [0, 0.05) is 11.6 Å². The van der Waals surface area contributed by atoms with E-state index in [-0.39, 0.29) is 11.6 Å². The van der Waals surface area contributed by atoms with Gasteiger partial charge in [0.1, 0.15) is 11.6 Å². The van der Waals surface area contributed by atoms with Crippen LogP contribution in [0.4, 0.5) is 8.78 Å². The molecule has 1 unspecified atom stereocenters. The summed E-state index contributed by atoms with van der Waals surface area (Å²) < 4.78 is 27.8. The van der Waals surface area contributed by atoms with Gasteiger partial charge in [-0.1, -0.05) is 32.8 Å². The van der Waals surface area contributed by atoms with Crippen LogP contribution in [0.2, 0.25) is 0 Å². The molecular weight excluding hydrogens is 232 g/mol. The van der Waals surface area contributed by atoms with Crippen LogP contribution in [0, 0.1) is 24.5 Å². The Balaban J connectivity index is 2.85. The third-order valence-corrected chi connectivity index (χ3v) is 3.29. The molecule has 1 atom stereocenters. The number of aryl methyl sites for hydroxylation is 1. The second-order valence-corrected chi connectivity index (χ2v) is 5.26. The number of hydrogen-bond acceptors (Lipinski definition) is 1. The highest BCUT2D eigenvalue weighted by Crippen LogP contribution is 2.27. The van der Waals surface area contributed by atoms with Gasteiger partial charge in [0.2, 0.25) is 0 Å². The van der Waals surface area contributed by atoms with Gasteiger partial charge < -0.3 is 5.32 Å². The van der Waals surface area contributed by atoms with Crippen LogP contribution in [0.3, 0.4) is 0 Å². The number of halogens is 2. The topological polar surface area (TPSA) is 12.0 Å². The maximum atomic E-state index is 14.0. The lowest BCUT2D eigenvalue weighted by Gasteiger charge is -2.19. The Morgan fingerprint density at radius 1 is 1.17 bits per heavy atom. The molecule has 0 bridgehead atoms. The van der Waals surface area contributed by atoms with Crippen molar-refractivity contribution in [3.05, 3.63) is 34.9 Å². The van der Waals surface area contributed by atoms with E-state index in [9.17, 15) is 8.78 Å². The highest BCUT2D eigenvalue weighted by molar-refractivity contribution is 5.29. The molecule has 0 spiro atoms. The zero-order valence-electron chi connectivity index (χ0n) is 11.7. The third kappa shape index (κ3) is 3.77. The Bertz CT molecular complexity index is 388. The molecule has 0 heterocycles. The molecule has 1 aromatic rings. The lowest BCUT2D eigenvalue weighted by molar-refractivity contribution is 0.435.